The van der Waals surface area contributed by atoms with Gasteiger partial charge in [0.1, 0.15) is 6.04 Å². The van der Waals surface area contributed by atoms with Crippen LogP contribution in [0.25, 0.3) is 5.69 Å². The lowest BCUT2D eigenvalue weighted by Gasteiger charge is -2.29. The van der Waals surface area contributed by atoms with E-state index in [4.69, 9.17) is 12.2 Å². The van der Waals surface area contributed by atoms with E-state index in [9.17, 15) is 4.79 Å². The molecule has 0 spiro atoms. The fourth-order valence-corrected chi connectivity index (χ4v) is 5.20. The molecule has 1 fully saturated rings. The molecule has 1 saturated heterocycles. The maximum Gasteiger partial charge on any atom is 0.224 e. The Morgan fingerprint density at radius 1 is 0.973 bits per heavy atom. The molecule has 5 rings (SSSR count). The van der Waals surface area contributed by atoms with E-state index in [0.717, 1.165) is 34.0 Å². The Kier molecular flexibility index (Phi) is 6.80. The first-order valence-electron chi connectivity index (χ1n) is 12.5. The van der Waals surface area contributed by atoms with E-state index >= 15 is 0 Å². The Morgan fingerprint density at radius 2 is 1.76 bits per heavy atom. The van der Waals surface area contributed by atoms with Crippen LogP contribution in [-0.4, -0.2) is 20.6 Å². The fraction of sp³-hybridized carbons (Fsp3) is 0.233. The van der Waals surface area contributed by atoms with Gasteiger partial charge in [-0.3, -0.25) is 9.78 Å². The minimum atomic E-state index is -0.145. The Morgan fingerprint density at radius 3 is 2.46 bits per heavy atom. The molecule has 3 heterocycles. The van der Waals surface area contributed by atoms with Gasteiger partial charge < -0.3 is 20.1 Å². The minimum Gasteiger partial charge on any atom is -0.351 e. The first-order chi connectivity index (χ1) is 17.9. The predicted octanol–water partition coefficient (Wildman–Crippen LogP) is 6.32. The van der Waals surface area contributed by atoms with Gasteiger partial charge in [0.15, 0.2) is 5.11 Å². The van der Waals surface area contributed by atoms with E-state index in [2.05, 4.69) is 81.5 Å². The van der Waals surface area contributed by atoms with Crippen molar-refractivity contribution in [1.82, 2.24) is 14.9 Å². The van der Waals surface area contributed by atoms with Crippen LogP contribution >= 0.6 is 12.2 Å². The summed E-state index contributed by atoms with van der Waals surface area (Å²) in [4.78, 5) is 18.8. The van der Waals surface area contributed by atoms with Crippen molar-refractivity contribution in [1.29, 1.82) is 0 Å². The number of aryl methyl sites for hydroxylation is 3. The summed E-state index contributed by atoms with van der Waals surface area (Å²) in [7, 11) is 0. The third kappa shape index (κ3) is 4.74. The Balaban J connectivity index is 1.62. The second kappa shape index (κ2) is 10.2. The van der Waals surface area contributed by atoms with Crippen LogP contribution in [-0.2, 0) is 4.79 Å². The molecule has 4 aromatic rings. The molecule has 37 heavy (non-hydrogen) atoms. The molecule has 2 N–H and O–H groups in total. The number of aromatic nitrogens is 2. The van der Waals surface area contributed by atoms with E-state index in [1.165, 1.54) is 11.1 Å². The van der Waals surface area contributed by atoms with Gasteiger partial charge in [0.05, 0.1) is 11.7 Å². The number of rotatable bonds is 6. The van der Waals surface area contributed by atoms with E-state index in [-0.39, 0.29) is 18.0 Å². The van der Waals surface area contributed by atoms with Crippen molar-refractivity contribution in [2.24, 2.45) is 0 Å². The number of anilines is 2. The maximum absolute atomic E-state index is 12.0. The van der Waals surface area contributed by atoms with Crippen LogP contribution in [0.2, 0.25) is 0 Å². The fourth-order valence-electron chi connectivity index (χ4n) is 4.86. The number of benzene rings is 2. The van der Waals surface area contributed by atoms with Crippen molar-refractivity contribution in [3.8, 4) is 5.69 Å². The van der Waals surface area contributed by atoms with Crippen molar-refractivity contribution in [3.63, 3.8) is 0 Å². The number of hydrogen-bond acceptors (Lipinski definition) is 3. The van der Waals surface area contributed by atoms with Gasteiger partial charge in [-0.25, -0.2) is 0 Å². The number of hydrogen-bond donors (Lipinski definition) is 2. The zero-order chi connectivity index (χ0) is 26.1. The summed E-state index contributed by atoms with van der Waals surface area (Å²) in [6.45, 7) is 8.12. The van der Waals surface area contributed by atoms with Gasteiger partial charge in [-0.05, 0) is 104 Å². The average molecular weight is 510 g/mol. The van der Waals surface area contributed by atoms with Crippen LogP contribution in [0, 0.1) is 20.8 Å². The van der Waals surface area contributed by atoms with Crippen molar-refractivity contribution < 1.29 is 4.79 Å². The molecule has 1 amide bonds. The Bertz CT molecular complexity index is 1460. The molecule has 1 aliphatic heterocycles. The second-order valence-electron chi connectivity index (χ2n) is 9.47. The molecule has 0 aliphatic carbocycles. The molecule has 0 bridgehead atoms. The van der Waals surface area contributed by atoms with Crippen LogP contribution in [0.1, 0.15) is 53.5 Å². The topological polar surface area (TPSA) is 62.2 Å². The number of thiocarbonyl (C=S) groups is 1. The summed E-state index contributed by atoms with van der Waals surface area (Å²) in [5, 5.41) is 7.16. The smallest absolute Gasteiger partial charge is 0.224 e. The Labute approximate surface area is 223 Å². The lowest BCUT2D eigenvalue weighted by Crippen LogP contribution is -2.30. The molecule has 0 radical (unpaired) electrons. The molecule has 188 valence electrons. The standard InChI is InChI=1S/C30H31N5OS/c1-5-27(36)32-24-14-13-23(18-21(24)4)35-29(28(33-30(35)37)25-9-6-7-15-31-25)26-10-8-16-34(26)22-12-11-19(2)20(3)17-22/h6-18,28-29H,5H2,1-4H3,(H,32,36)(H,33,37). The quantitative estimate of drug-likeness (QED) is 0.298. The predicted molar refractivity (Wildman–Crippen MR) is 153 cm³/mol. The third-order valence-electron chi connectivity index (χ3n) is 7.03. The van der Waals surface area contributed by atoms with Gasteiger partial charge in [-0.1, -0.05) is 19.1 Å². The molecule has 2 aromatic heterocycles. The Hall–Kier alpha value is -3.97. The van der Waals surface area contributed by atoms with Gasteiger partial charge in [-0.15, -0.1) is 0 Å². The monoisotopic (exact) mass is 509 g/mol. The number of nitrogens with one attached hydrogen (secondary N) is 2. The summed E-state index contributed by atoms with van der Waals surface area (Å²) in [6, 6.07) is 22.5. The van der Waals surface area contributed by atoms with Crippen LogP contribution in [0.3, 0.4) is 0 Å². The summed E-state index contributed by atoms with van der Waals surface area (Å²) < 4.78 is 2.23. The summed E-state index contributed by atoms with van der Waals surface area (Å²) in [5.74, 6) is -0.00600. The number of amides is 1. The van der Waals surface area contributed by atoms with E-state index in [1.54, 1.807) is 0 Å². The van der Waals surface area contributed by atoms with Crippen LogP contribution in [0.15, 0.2) is 79.1 Å². The first-order valence-corrected chi connectivity index (χ1v) is 12.9. The number of carbonyl (C=O) groups is 1. The summed E-state index contributed by atoms with van der Waals surface area (Å²) in [5.41, 5.74) is 8.39. The maximum atomic E-state index is 12.0. The second-order valence-corrected chi connectivity index (χ2v) is 9.86. The van der Waals surface area contributed by atoms with E-state index in [1.807, 2.05) is 50.4 Å². The van der Waals surface area contributed by atoms with Crippen molar-refractivity contribution in [2.75, 3.05) is 10.2 Å². The normalized spacial score (nSPS) is 17.1. The van der Waals surface area contributed by atoms with Gasteiger partial charge in [0.2, 0.25) is 5.91 Å². The van der Waals surface area contributed by atoms with Gasteiger partial charge >= 0.3 is 0 Å². The van der Waals surface area contributed by atoms with Crippen molar-refractivity contribution >= 4 is 34.6 Å². The summed E-state index contributed by atoms with van der Waals surface area (Å²) >= 11 is 5.92. The number of carbonyl (C=O) groups excluding carboxylic acids is 1. The largest absolute Gasteiger partial charge is 0.351 e. The highest BCUT2D eigenvalue weighted by atomic mass is 32.1. The highest BCUT2D eigenvalue weighted by Crippen LogP contribution is 2.43. The van der Waals surface area contributed by atoms with Gasteiger partial charge in [0.25, 0.3) is 0 Å². The highest BCUT2D eigenvalue weighted by molar-refractivity contribution is 7.80. The molecular formula is C30H31N5OS. The minimum absolute atomic E-state index is 0.00600. The first kappa shape index (κ1) is 24.7. The lowest BCUT2D eigenvalue weighted by molar-refractivity contribution is -0.115. The van der Waals surface area contributed by atoms with Crippen LogP contribution in [0.5, 0.6) is 0 Å². The molecule has 1 aliphatic rings. The van der Waals surface area contributed by atoms with E-state index < -0.39 is 0 Å². The number of nitrogens with zero attached hydrogens (tertiary/aromatic N) is 3. The van der Waals surface area contributed by atoms with Gasteiger partial charge in [0, 0.05) is 41.6 Å². The molecule has 2 aromatic carbocycles. The average Bonchev–Trinajstić information content (AvgIpc) is 3.51. The van der Waals surface area contributed by atoms with E-state index in [0.29, 0.717) is 11.5 Å². The molecule has 2 atom stereocenters. The number of pyridine rings is 1. The third-order valence-corrected chi connectivity index (χ3v) is 7.35. The SMILES string of the molecule is CCC(=O)Nc1ccc(N2C(=S)NC(c3ccccn3)C2c2cccn2-c2ccc(C)c(C)c2)cc1C. The van der Waals surface area contributed by atoms with Crippen LogP contribution in [0.4, 0.5) is 11.4 Å². The zero-order valence-corrected chi connectivity index (χ0v) is 22.3. The highest BCUT2D eigenvalue weighted by Gasteiger charge is 2.42. The van der Waals surface area contributed by atoms with Gasteiger partial charge in [-0.2, -0.15) is 0 Å². The van der Waals surface area contributed by atoms with Crippen LogP contribution < -0.4 is 15.5 Å². The molecular weight excluding hydrogens is 478 g/mol. The molecule has 7 heteroatoms. The van der Waals surface area contributed by atoms with Crippen molar-refractivity contribution in [3.05, 3.63) is 107 Å². The van der Waals surface area contributed by atoms with Crippen molar-refractivity contribution in [2.45, 2.75) is 46.2 Å². The lowest BCUT2D eigenvalue weighted by atomic mass is 10.00. The zero-order valence-electron chi connectivity index (χ0n) is 21.5. The summed E-state index contributed by atoms with van der Waals surface area (Å²) in [6.07, 6.45) is 4.35. The molecule has 2 unspecified atom stereocenters. The molecule has 0 saturated carbocycles. The molecule has 6 nitrogen and oxygen atoms in total.